The van der Waals surface area contributed by atoms with Crippen LogP contribution in [0.2, 0.25) is 0 Å². The normalized spacial score (nSPS) is 11.3. The highest BCUT2D eigenvalue weighted by Gasteiger charge is 2.29. The molecule has 0 saturated carbocycles. The maximum Gasteiger partial charge on any atom is 0.109 e. The standard InChI is InChI=1S/C44H35OP/c1-46(2,45)38-30-28-37(29-31-38)44-42(35-24-14-6-15-25-35)40(33-20-10-4-11-21-33)39(32-18-8-3-9-19-32)41(34-22-12-5-13-23-34)43(44)36-26-16-7-17-27-36/h3-31H,1-2H3. The Morgan fingerprint density at radius 2 is 0.478 bits per heavy atom. The van der Waals surface area contributed by atoms with Crippen LogP contribution in [0.4, 0.5) is 0 Å². The third-order valence-corrected chi connectivity index (χ3v) is 10.1. The van der Waals surface area contributed by atoms with Crippen molar-refractivity contribution in [3.8, 4) is 66.8 Å². The van der Waals surface area contributed by atoms with Crippen molar-refractivity contribution in [2.75, 3.05) is 13.3 Å². The van der Waals surface area contributed by atoms with Crippen LogP contribution in [0.15, 0.2) is 176 Å². The fourth-order valence-electron chi connectivity index (χ4n) is 6.49. The van der Waals surface area contributed by atoms with Crippen molar-refractivity contribution in [2.45, 2.75) is 0 Å². The summed E-state index contributed by atoms with van der Waals surface area (Å²) < 4.78 is 13.1. The summed E-state index contributed by atoms with van der Waals surface area (Å²) in [6.45, 7) is 3.67. The lowest BCUT2D eigenvalue weighted by molar-refractivity contribution is 0.588. The molecule has 0 radical (unpaired) electrons. The smallest absolute Gasteiger partial charge is 0.109 e. The first-order valence-corrected chi connectivity index (χ1v) is 18.3. The van der Waals surface area contributed by atoms with E-state index in [1.165, 1.54) is 27.8 Å². The van der Waals surface area contributed by atoms with Gasteiger partial charge in [0.05, 0.1) is 0 Å². The van der Waals surface area contributed by atoms with Crippen LogP contribution in [0.1, 0.15) is 0 Å². The average molecular weight is 611 g/mol. The largest absolute Gasteiger partial charge is 0.319 e. The second-order valence-corrected chi connectivity index (χ2v) is 15.2. The molecule has 0 aliphatic rings. The van der Waals surface area contributed by atoms with Crippen molar-refractivity contribution in [1.29, 1.82) is 0 Å². The molecule has 0 aliphatic carbocycles. The van der Waals surface area contributed by atoms with Gasteiger partial charge in [0.15, 0.2) is 0 Å². The van der Waals surface area contributed by atoms with E-state index < -0.39 is 7.14 Å². The van der Waals surface area contributed by atoms with Crippen LogP contribution in [0, 0.1) is 0 Å². The Hall–Kier alpha value is -5.23. The Kier molecular flexibility index (Phi) is 8.10. The van der Waals surface area contributed by atoms with Crippen LogP contribution in [-0.2, 0) is 4.57 Å². The lowest BCUT2D eigenvalue weighted by Gasteiger charge is -2.29. The lowest BCUT2D eigenvalue weighted by atomic mass is 9.74. The summed E-state index contributed by atoms with van der Waals surface area (Å²) in [4.78, 5) is 0. The van der Waals surface area contributed by atoms with Crippen LogP contribution in [0.25, 0.3) is 66.8 Å². The summed E-state index contributed by atoms with van der Waals surface area (Å²) in [7, 11) is -2.43. The number of hydrogen-bond acceptors (Lipinski definition) is 1. The summed E-state index contributed by atoms with van der Waals surface area (Å²) in [6, 6.07) is 62.3. The highest BCUT2D eigenvalue weighted by Crippen LogP contribution is 2.55. The number of benzene rings is 7. The van der Waals surface area contributed by atoms with E-state index in [1.54, 1.807) is 0 Å². The molecular weight excluding hydrogens is 575 g/mol. The Morgan fingerprint density at radius 1 is 0.283 bits per heavy atom. The van der Waals surface area contributed by atoms with Crippen molar-refractivity contribution < 1.29 is 4.57 Å². The van der Waals surface area contributed by atoms with Crippen LogP contribution in [-0.4, -0.2) is 13.3 Å². The molecule has 0 atom stereocenters. The van der Waals surface area contributed by atoms with Gasteiger partial charge in [-0.15, -0.1) is 0 Å². The van der Waals surface area contributed by atoms with E-state index >= 15 is 0 Å². The molecule has 0 heterocycles. The lowest BCUT2D eigenvalue weighted by Crippen LogP contribution is -2.04. The van der Waals surface area contributed by atoms with Gasteiger partial charge in [-0.05, 0) is 80.1 Å². The van der Waals surface area contributed by atoms with Crippen LogP contribution in [0.5, 0.6) is 0 Å². The van der Waals surface area contributed by atoms with Crippen LogP contribution in [0.3, 0.4) is 0 Å². The van der Waals surface area contributed by atoms with Gasteiger partial charge in [0.1, 0.15) is 7.14 Å². The Bertz CT molecular complexity index is 2030. The highest BCUT2D eigenvalue weighted by molar-refractivity contribution is 7.70. The fraction of sp³-hybridized carbons (Fsp3) is 0.0455. The zero-order valence-electron chi connectivity index (χ0n) is 26.1. The first kappa shape index (κ1) is 29.5. The Morgan fingerprint density at radius 3 is 0.674 bits per heavy atom. The van der Waals surface area contributed by atoms with Crippen molar-refractivity contribution in [3.63, 3.8) is 0 Å². The molecule has 7 aromatic rings. The average Bonchev–Trinajstić information content (AvgIpc) is 3.12. The maximum atomic E-state index is 13.1. The van der Waals surface area contributed by atoms with Gasteiger partial charge in [-0.25, -0.2) is 0 Å². The molecule has 0 aliphatic heterocycles. The first-order chi connectivity index (χ1) is 22.5. The van der Waals surface area contributed by atoms with Gasteiger partial charge in [-0.2, -0.15) is 0 Å². The summed E-state index contributed by atoms with van der Waals surface area (Å²) in [5, 5.41) is 0.881. The number of rotatable bonds is 7. The molecule has 0 N–H and O–H groups in total. The first-order valence-electron chi connectivity index (χ1n) is 15.7. The molecule has 0 saturated heterocycles. The van der Waals surface area contributed by atoms with Crippen molar-refractivity contribution >= 4 is 12.4 Å². The maximum absolute atomic E-state index is 13.1. The predicted octanol–water partition coefficient (Wildman–Crippen LogP) is 11.9. The topological polar surface area (TPSA) is 17.1 Å². The monoisotopic (exact) mass is 610 g/mol. The molecule has 0 aromatic heterocycles. The van der Waals surface area contributed by atoms with E-state index in [1.807, 2.05) is 13.3 Å². The molecule has 0 spiro atoms. The molecular formula is C44H35OP. The van der Waals surface area contributed by atoms with E-state index in [-0.39, 0.29) is 0 Å². The minimum absolute atomic E-state index is 0.881. The van der Waals surface area contributed by atoms with Gasteiger partial charge >= 0.3 is 0 Å². The van der Waals surface area contributed by atoms with Crippen LogP contribution < -0.4 is 5.30 Å². The number of hydrogen-bond donors (Lipinski definition) is 0. The SMILES string of the molecule is CP(C)(=O)c1ccc(-c2c(-c3ccccc3)c(-c3ccccc3)c(-c3ccccc3)c(-c3ccccc3)c2-c2ccccc2)cc1. The molecule has 222 valence electrons. The van der Waals surface area contributed by atoms with Gasteiger partial charge in [0, 0.05) is 5.30 Å². The van der Waals surface area contributed by atoms with Gasteiger partial charge in [0.2, 0.25) is 0 Å². The Labute approximate surface area is 272 Å². The summed E-state index contributed by atoms with van der Waals surface area (Å²) in [5.41, 5.74) is 13.9. The molecule has 0 fully saturated rings. The van der Waals surface area contributed by atoms with Gasteiger partial charge in [-0.3, -0.25) is 0 Å². The molecule has 1 nitrogen and oxygen atoms in total. The summed E-state index contributed by atoms with van der Waals surface area (Å²) in [6.07, 6.45) is 0. The summed E-state index contributed by atoms with van der Waals surface area (Å²) >= 11 is 0. The quantitative estimate of drug-likeness (QED) is 0.164. The minimum Gasteiger partial charge on any atom is -0.319 e. The van der Waals surface area contributed by atoms with E-state index in [4.69, 9.17) is 0 Å². The van der Waals surface area contributed by atoms with Crippen molar-refractivity contribution in [3.05, 3.63) is 176 Å². The van der Waals surface area contributed by atoms with Gasteiger partial charge in [0.25, 0.3) is 0 Å². The van der Waals surface area contributed by atoms with Gasteiger partial charge < -0.3 is 4.57 Å². The second-order valence-electron chi connectivity index (χ2n) is 12.0. The minimum atomic E-state index is -2.43. The molecule has 46 heavy (non-hydrogen) atoms. The molecule has 7 rings (SSSR count). The molecule has 2 heteroatoms. The van der Waals surface area contributed by atoms with Crippen molar-refractivity contribution in [1.82, 2.24) is 0 Å². The molecule has 7 aromatic carbocycles. The van der Waals surface area contributed by atoms with E-state index in [0.29, 0.717) is 0 Å². The molecule has 0 unspecified atom stereocenters. The zero-order valence-corrected chi connectivity index (χ0v) is 27.0. The van der Waals surface area contributed by atoms with Crippen molar-refractivity contribution in [2.24, 2.45) is 0 Å². The Balaban J connectivity index is 1.78. The summed E-state index contributed by atoms with van der Waals surface area (Å²) in [5.74, 6) is 0. The predicted molar refractivity (Wildman–Crippen MR) is 198 cm³/mol. The second kappa shape index (κ2) is 12.6. The van der Waals surface area contributed by atoms with E-state index in [0.717, 1.165) is 44.2 Å². The highest BCUT2D eigenvalue weighted by atomic mass is 31.2. The molecule has 0 bridgehead atoms. The fourth-order valence-corrected chi connectivity index (χ4v) is 7.36. The van der Waals surface area contributed by atoms with E-state index in [9.17, 15) is 4.57 Å². The third-order valence-electron chi connectivity index (χ3n) is 8.59. The van der Waals surface area contributed by atoms with Gasteiger partial charge in [-0.1, -0.05) is 176 Å². The van der Waals surface area contributed by atoms with E-state index in [2.05, 4.69) is 176 Å². The molecule has 0 amide bonds. The van der Waals surface area contributed by atoms with Crippen LogP contribution >= 0.6 is 7.14 Å². The zero-order chi connectivity index (χ0) is 31.5. The third kappa shape index (κ3) is 5.67.